The average Bonchev–Trinajstić information content (AvgIpc) is 2.82. The standard InChI is InChI=1S/C18H26N6O/c1-13-6-5-7-17(19-13)20-18(25)24-10-8-23(9-11-24)12-16-14(2)21-22(4)15(16)3/h5-7H,8-12H2,1-4H3,(H,19,20,25). The molecule has 0 saturated carbocycles. The number of anilines is 1. The van der Waals surface area contributed by atoms with Crippen LogP contribution < -0.4 is 5.32 Å². The molecule has 1 fully saturated rings. The lowest BCUT2D eigenvalue weighted by molar-refractivity contribution is 0.142. The van der Waals surface area contributed by atoms with Gasteiger partial charge in [-0.25, -0.2) is 9.78 Å². The van der Waals surface area contributed by atoms with Crippen molar-refractivity contribution >= 4 is 11.8 Å². The first kappa shape index (κ1) is 17.4. The maximum Gasteiger partial charge on any atom is 0.323 e. The van der Waals surface area contributed by atoms with Crippen molar-refractivity contribution in [1.82, 2.24) is 24.6 Å². The summed E-state index contributed by atoms with van der Waals surface area (Å²) in [5.74, 6) is 0.606. The Morgan fingerprint density at radius 3 is 2.48 bits per heavy atom. The lowest BCUT2D eigenvalue weighted by Crippen LogP contribution is -2.49. The Labute approximate surface area is 148 Å². The van der Waals surface area contributed by atoms with Crippen LogP contribution in [0.3, 0.4) is 0 Å². The molecule has 3 rings (SSSR count). The summed E-state index contributed by atoms with van der Waals surface area (Å²) in [4.78, 5) is 21.0. The van der Waals surface area contributed by atoms with Crippen LogP contribution in [0.1, 0.15) is 22.6 Å². The van der Waals surface area contributed by atoms with Crippen LogP contribution in [0, 0.1) is 20.8 Å². The van der Waals surface area contributed by atoms with Crippen LogP contribution in [0.15, 0.2) is 18.2 Å². The fourth-order valence-electron chi connectivity index (χ4n) is 3.18. The summed E-state index contributed by atoms with van der Waals surface area (Å²) in [6.45, 7) is 10.1. The number of aryl methyl sites for hydroxylation is 3. The summed E-state index contributed by atoms with van der Waals surface area (Å²) in [5.41, 5.74) is 4.49. The van der Waals surface area contributed by atoms with E-state index in [1.807, 2.05) is 41.8 Å². The summed E-state index contributed by atoms with van der Waals surface area (Å²) in [5, 5.41) is 7.36. The molecule has 0 spiro atoms. The summed E-state index contributed by atoms with van der Waals surface area (Å²) < 4.78 is 1.93. The zero-order valence-electron chi connectivity index (χ0n) is 15.4. The van der Waals surface area contributed by atoms with Gasteiger partial charge in [-0.15, -0.1) is 0 Å². The van der Waals surface area contributed by atoms with Gasteiger partial charge in [-0.1, -0.05) is 6.07 Å². The maximum absolute atomic E-state index is 12.4. The Morgan fingerprint density at radius 1 is 1.16 bits per heavy atom. The number of amides is 2. The third kappa shape index (κ3) is 3.99. The van der Waals surface area contributed by atoms with Gasteiger partial charge >= 0.3 is 6.03 Å². The lowest BCUT2D eigenvalue weighted by Gasteiger charge is -2.34. The molecule has 0 unspecified atom stereocenters. The number of aromatic nitrogens is 3. The minimum absolute atomic E-state index is 0.0773. The highest BCUT2D eigenvalue weighted by Crippen LogP contribution is 2.16. The number of urea groups is 1. The van der Waals surface area contributed by atoms with Crippen molar-refractivity contribution in [2.24, 2.45) is 7.05 Å². The van der Waals surface area contributed by atoms with E-state index in [0.29, 0.717) is 5.82 Å². The molecule has 0 radical (unpaired) electrons. The minimum Gasteiger partial charge on any atom is -0.322 e. The molecule has 3 heterocycles. The molecule has 7 nitrogen and oxygen atoms in total. The highest BCUT2D eigenvalue weighted by molar-refractivity contribution is 5.88. The van der Waals surface area contributed by atoms with Crippen molar-refractivity contribution < 1.29 is 4.79 Å². The summed E-state index contributed by atoms with van der Waals surface area (Å²) >= 11 is 0. The third-order valence-corrected chi connectivity index (χ3v) is 4.82. The average molecular weight is 342 g/mol. The number of piperazine rings is 1. The van der Waals surface area contributed by atoms with Crippen LogP contribution in [0.2, 0.25) is 0 Å². The number of carbonyl (C=O) groups excluding carboxylic acids is 1. The van der Waals surface area contributed by atoms with Crippen LogP contribution in [-0.2, 0) is 13.6 Å². The van der Waals surface area contributed by atoms with E-state index in [9.17, 15) is 4.79 Å². The molecule has 134 valence electrons. The van der Waals surface area contributed by atoms with E-state index in [1.54, 1.807) is 0 Å². The normalized spacial score (nSPS) is 15.4. The lowest BCUT2D eigenvalue weighted by atomic mass is 10.1. The van der Waals surface area contributed by atoms with Crippen LogP contribution in [0.25, 0.3) is 0 Å². The molecule has 1 aliphatic heterocycles. The Kier molecular flexibility index (Phi) is 5.03. The van der Waals surface area contributed by atoms with Gasteiger partial charge in [-0.3, -0.25) is 14.9 Å². The first-order chi connectivity index (χ1) is 11.9. The van der Waals surface area contributed by atoms with Crippen LogP contribution >= 0.6 is 0 Å². The molecule has 1 N–H and O–H groups in total. The van der Waals surface area contributed by atoms with E-state index < -0.39 is 0 Å². The van der Waals surface area contributed by atoms with E-state index in [4.69, 9.17) is 0 Å². The summed E-state index contributed by atoms with van der Waals surface area (Å²) in [6.07, 6.45) is 0. The van der Waals surface area contributed by atoms with Crippen molar-refractivity contribution in [1.29, 1.82) is 0 Å². The van der Waals surface area contributed by atoms with E-state index in [0.717, 1.165) is 44.1 Å². The van der Waals surface area contributed by atoms with Gasteiger partial charge in [-0.05, 0) is 32.9 Å². The highest BCUT2D eigenvalue weighted by Gasteiger charge is 2.23. The van der Waals surface area contributed by atoms with E-state index in [2.05, 4.69) is 34.1 Å². The smallest absolute Gasteiger partial charge is 0.322 e. The van der Waals surface area contributed by atoms with Gasteiger partial charge in [0, 0.05) is 56.7 Å². The molecule has 0 aliphatic carbocycles. The van der Waals surface area contributed by atoms with Crippen molar-refractivity contribution in [3.05, 3.63) is 40.8 Å². The molecular weight excluding hydrogens is 316 g/mol. The zero-order chi connectivity index (χ0) is 18.0. The predicted molar refractivity (Wildman–Crippen MR) is 97.5 cm³/mol. The Bertz CT molecular complexity index is 761. The second kappa shape index (κ2) is 7.23. The van der Waals surface area contributed by atoms with Gasteiger partial charge < -0.3 is 4.90 Å². The second-order valence-corrected chi connectivity index (χ2v) is 6.63. The largest absolute Gasteiger partial charge is 0.323 e. The Balaban J connectivity index is 1.54. The molecule has 7 heteroatoms. The monoisotopic (exact) mass is 342 g/mol. The minimum atomic E-state index is -0.0773. The molecule has 0 atom stereocenters. The number of hydrogen-bond acceptors (Lipinski definition) is 4. The Morgan fingerprint density at radius 2 is 1.88 bits per heavy atom. The number of carbonyl (C=O) groups is 1. The maximum atomic E-state index is 12.4. The van der Waals surface area contributed by atoms with Crippen LogP contribution in [-0.4, -0.2) is 56.8 Å². The summed E-state index contributed by atoms with van der Waals surface area (Å²) in [6, 6.07) is 5.55. The van der Waals surface area contributed by atoms with E-state index in [1.165, 1.54) is 11.3 Å². The molecular formula is C18H26N6O. The van der Waals surface area contributed by atoms with Gasteiger partial charge in [-0.2, -0.15) is 5.10 Å². The molecule has 2 aromatic heterocycles. The fraction of sp³-hybridized carbons (Fsp3) is 0.500. The number of nitrogens with zero attached hydrogens (tertiary/aromatic N) is 5. The molecule has 2 aromatic rings. The van der Waals surface area contributed by atoms with Gasteiger partial charge in [0.05, 0.1) is 5.69 Å². The topological polar surface area (TPSA) is 66.3 Å². The van der Waals surface area contributed by atoms with E-state index >= 15 is 0 Å². The van der Waals surface area contributed by atoms with Gasteiger partial charge in [0.25, 0.3) is 0 Å². The van der Waals surface area contributed by atoms with Crippen LogP contribution in [0.4, 0.5) is 10.6 Å². The quantitative estimate of drug-likeness (QED) is 0.927. The predicted octanol–water partition coefficient (Wildman–Crippen LogP) is 2.09. The van der Waals surface area contributed by atoms with Gasteiger partial charge in [0.2, 0.25) is 0 Å². The second-order valence-electron chi connectivity index (χ2n) is 6.63. The van der Waals surface area contributed by atoms with Crippen LogP contribution in [0.5, 0.6) is 0 Å². The molecule has 0 aromatic carbocycles. The summed E-state index contributed by atoms with van der Waals surface area (Å²) in [7, 11) is 1.98. The van der Waals surface area contributed by atoms with Crippen molar-refractivity contribution in [2.75, 3.05) is 31.5 Å². The number of nitrogens with one attached hydrogen (secondary N) is 1. The number of pyridine rings is 1. The zero-order valence-corrected chi connectivity index (χ0v) is 15.4. The van der Waals surface area contributed by atoms with Gasteiger partial charge in [0.15, 0.2) is 0 Å². The van der Waals surface area contributed by atoms with Crippen molar-refractivity contribution in [3.63, 3.8) is 0 Å². The number of hydrogen-bond donors (Lipinski definition) is 1. The highest BCUT2D eigenvalue weighted by atomic mass is 16.2. The third-order valence-electron chi connectivity index (χ3n) is 4.82. The van der Waals surface area contributed by atoms with E-state index in [-0.39, 0.29) is 6.03 Å². The molecule has 25 heavy (non-hydrogen) atoms. The van der Waals surface area contributed by atoms with Crippen molar-refractivity contribution in [2.45, 2.75) is 27.3 Å². The first-order valence-electron chi connectivity index (χ1n) is 8.65. The Hall–Kier alpha value is -2.41. The SMILES string of the molecule is Cc1cccc(NC(=O)N2CCN(Cc3c(C)nn(C)c3C)CC2)n1. The molecule has 1 saturated heterocycles. The van der Waals surface area contributed by atoms with Gasteiger partial charge in [0.1, 0.15) is 5.82 Å². The molecule has 1 aliphatic rings. The molecule has 0 bridgehead atoms. The van der Waals surface area contributed by atoms with Crippen molar-refractivity contribution in [3.8, 4) is 0 Å². The number of rotatable bonds is 3. The molecule has 2 amide bonds. The fourth-order valence-corrected chi connectivity index (χ4v) is 3.18. The first-order valence-corrected chi connectivity index (χ1v) is 8.65.